The van der Waals surface area contributed by atoms with E-state index in [2.05, 4.69) is 41.5 Å². The summed E-state index contributed by atoms with van der Waals surface area (Å²) in [5.41, 5.74) is 1.20. The molecule has 4 heteroatoms. The second kappa shape index (κ2) is 6.80. The summed E-state index contributed by atoms with van der Waals surface area (Å²) in [7, 11) is 2.10. The van der Waals surface area contributed by atoms with Crippen molar-refractivity contribution in [2.75, 3.05) is 31.6 Å². The molecule has 0 radical (unpaired) electrons. The van der Waals surface area contributed by atoms with Gasteiger partial charge in [-0.3, -0.25) is 0 Å². The third-order valence-electron chi connectivity index (χ3n) is 2.28. The molecule has 0 aliphatic rings. The molecule has 0 atom stereocenters. The predicted molar refractivity (Wildman–Crippen MR) is 67.9 cm³/mol. The second-order valence-electron chi connectivity index (χ2n) is 3.65. The topological polar surface area (TPSA) is 28.2 Å². The lowest BCUT2D eigenvalue weighted by Crippen LogP contribution is -2.29. The van der Waals surface area contributed by atoms with Crippen molar-refractivity contribution in [1.82, 2.24) is 10.3 Å². The highest BCUT2D eigenvalue weighted by molar-refractivity contribution is 7.13. The van der Waals surface area contributed by atoms with E-state index in [9.17, 15) is 0 Å². The summed E-state index contributed by atoms with van der Waals surface area (Å²) in [6.07, 6.45) is 2.22. The van der Waals surface area contributed by atoms with Crippen LogP contribution >= 0.6 is 11.3 Å². The van der Waals surface area contributed by atoms with Crippen molar-refractivity contribution in [3.05, 3.63) is 11.1 Å². The smallest absolute Gasteiger partial charge is 0.185 e. The van der Waals surface area contributed by atoms with Crippen LogP contribution in [-0.4, -0.2) is 31.7 Å². The Balaban J connectivity index is 2.29. The van der Waals surface area contributed by atoms with Gasteiger partial charge in [0.2, 0.25) is 0 Å². The predicted octanol–water partition coefficient (Wildman–Crippen LogP) is 2.14. The molecule has 1 rings (SSSR count). The number of anilines is 1. The van der Waals surface area contributed by atoms with Gasteiger partial charge >= 0.3 is 0 Å². The minimum atomic E-state index is 1.02. The number of hydrogen-bond acceptors (Lipinski definition) is 4. The monoisotopic (exact) mass is 227 g/mol. The molecule has 0 spiro atoms. The lowest BCUT2D eigenvalue weighted by molar-refractivity contribution is 0.665. The average molecular weight is 227 g/mol. The van der Waals surface area contributed by atoms with Gasteiger partial charge in [0, 0.05) is 25.5 Å². The molecule has 1 aromatic rings. The van der Waals surface area contributed by atoms with E-state index in [4.69, 9.17) is 0 Å². The Kier molecular flexibility index (Phi) is 5.65. The number of likely N-dealkylation sites (N-methyl/N-ethyl adjacent to an activating group) is 1. The van der Waals surface area contributed by atoms with E-state index in [1.165, 1.54) is 12.1 Å². The first-order valence-corrected chi connectivity index (χ1v) is 6.52. The fraction of sp³-hybridized carbons (Fsp3) is 0.727. The van der Waals surface area contributed by atoms with Crippen LogP contribution in [-0.2, 0) is 6.42 Å². The third-order valence-corrected chi connectivity index (χ3v) is 3.28. The molecule has 3 nitrogen and oxygen atoms in total. The van der Waals surface area contributed by atoms with Gasteiger partial charge in [0.05, 0.1) is 5.69 Å². The molecule has 0 aliphatic heterocycles. The van der Waals surface area contributed by atoms with E-state index < -0.39 is 0 Å². The highest BCUT2D eigenvalue weighted by Gasteiger charge is 2.04. The zero-order valence-electron chi connectivity index (χ0n) is 9.92. The first kappa shape index (κ1) is 12.5. The highest BCUT2D eigenvalue weighted by atomic mass is 32.1. The van der Waals surface area contributed by atoms with E-state index in [1.807, 2.05) is 0 Å². The molecule has 86 valence electrons. The van der Waals surface area contributed by atoms with Gasteiger partial charge in [-0.25, -0.2) is 4.98 Å². The summed E-state index contributed by atoms with van der Waals surface area (Å²) in [6.45, 7) is 7.49. The number of nitrogens with one attached hydrogen (secondary N) is 1. The number of aromatic nitrogens is 1. The van der Waals surface area contributed by atoms with Gasteiger partial charge in [0.1, 0.15) is 0 Å². The van der Waals surface area contributed by atoms with Gasteiger partial charge in [-0.2, -0.15) is 0 Å². The second-order valence-corrected chi connectivity index (χ2v) is 4.48. The van der Waals surface area contributed by atoms with Crippen molar-refractivity contribution in [2.24, 2.45) is 0 Å². The molecule has 0 saturated heterocycles. The molecule has 0 unspecified atom stereocenters. The van der Waals surface area contributed by atoms with E-state index >= 15 is 0 Å². The van der Waals surface area contributed by atoms with E-state index in [-0.39, 0.29) is 0 Å². The van der Waals surface area contributed by atoms with Gasteiger partial charge in [-0.05, 0) is 19.4 Å². The molecule has 0 saturated carbocycles. The molecular formula is C11H21N3S. The number of aryl methyl sites for hydroxylation is 1. The Bertz CT molecular complexity index is 273. The minimum Gasteiger partial charge on any atom is -0.350 e. The van der Waals surface area contributed by atoms with Crippen LogP contribution < -0.4 is 10.2 Å². The first-order chi connectivity index (χ1) is 7.27. The summed E-state index contributed by atoms with van der Waals surface area (Å²) in [6, 6.07) is 0. The van der Waals surface area contributed by atoms with Crippen LogP contribution in [0.1, 0.15) is 26.0 Å². The first-order valence-electron chi connectivity index (χ1n) is 5.64. The molecular weight excluding hydrogens is 206 g/mol. The SMILES string of the molecule is CCCNCCN(C)c1nc(CC)cs1. The molecule has 0 bridgehead atoms. The summed E-state index contributed by atoms with van der Waals surface area (Å²) in [5, 5.41) is 6.67. The van der Waals surface area contributed by atoms with Crippen molar-refractivity contribution >= 4 is 16.5 Å². The maximum Gasteiger partial charge on any atom is 0.185 e. The molecule has 0 aromatic carbocycles. The van der Waals surface area contributed by atoms with Gasteiger partial charge in [0.25, 0.3) is 0 Å². The van der Waals surface area contributed by atoms with Gasteiger partial charge in [-0.15, -0.1) is 11.3 Å². The molecule has 1 N–H and O–H groups in total. The maximum atomic E-state index is 4.54. The molecule has 0 fully saturated rings. The highest BCUT2D eigenvalue weighted by Crippen LogP contribution is 2.18. The zero-order valence-corrected chi connectivity index (χ0v) is 10.7. The zero-order chi connectivity index (χ0) is 11.1. The Morgan fingerprint density at radius 2 is 2.20 bits per heavy atom. The summed E-state index contributed by atoms with van der Waals surface area (Å²) in [4.78, 5) is 6.76. The van der Waals surface area contributed by atoms with E-state index in [1.54, 1.807) is 11.3 Å². The van der Waals surface area contributed by atoms with Crippen LogP contribution in [0.2, 0.25) is 0 Å². The summed E-state index contributed by atoms with van der Waals surface area (Å²) < 4.78 is 0. The number of rotatable bonds is 7. The van der Waals surface area contributed by atoms with Crippen LogP contribution in [0.15, 0.2) is 5.38 Å². The lowest BCUT2D eigenvalue weighted by atomic mass is 10.4. The average Bonchev–Trinajstić information content (AvgIpc) is 2.72. The van der Waals surface area contributed by atoms with Gasteiger partial charge < -0.3 is 10.2 Å². The largest absolute Gasteiger partial charge is 0.350 e. The summed E-state index contributed by atoms with van der Waals surface area (Å²) in [5.74, 6) is 0. The lowest BCUT2D eigenvalue weighted by Gasteiger charge is -2.15. The molecule has 1 heterocycles. The number of thiazole rings is 1. The molecule has 15 heavy (non-hydrogen) atoms. The van der Waals surface area contributed by atoms with Crippen molar-refractivity contribution in [3.63, 3.8) is 0 Å². The third kappa shape index (κ3) is 4.18. The molecule has 0 aliphatic carbocycles. The van der Waals surface area contributed by atoms with Crippen molar-refractivity contribution in [1.29, 1.82) is 0 Å². The van der Waals surface area contributed by atoms with Crippen LogP contribution in [0.5, 0.6) is 0 Å². The van der Waals surface area contributed by atoms with Crippen LogP contribution in [0.3, 0.4) is 0 Å². The Morgan fingerprint density at radius 1 is 1.40 bits per heavy atom. The van der Waals surface area contributed by atoms with Gasteiger partial charge in [0.15, 0.2) is 5.13 Å². The molecule has 1 aromatic heterocycles. The van der Waals surface area contributed by atoms with E-state index in [0.717, 1.165) is 31.2 Å². The number of nitrogens with zero attached hydrogens (tertiary/aromatic N) is 2. The van der Waals surface area contributed by atoms with Crippen molar-refractivity contribution < 1.29 is 0 Å². The quantitative estimate of drug-likeness (QED) is 0.723. The maximum absolute atomic E-state index is 4.54. The van der Waals surface area contributed by atoms with Crippen LogP contribution in [0, 0.1) is 0 Å². The minimum absolute atomic E-state index is 1.02. The van der Waals surface area contributed by atoms with E-state index in [0.29, 0.717) is 0 Å². The van der Waals surface area contributed by atoms with Crippen molar-refractivity contribution in [2.45, 2.75) is 26.7 Å². The summed E-state index contributed by atoms with van der Waals surface area (Å²) >= 11 is 1.73. The normalized spacial score (nSPS) is 10.6. The van der Waals surface area contributed by atoms with Crippen LogP contribution in [0.4, 0.5) is 5.13 Å². The fourth-order valence-electron chi connectivity index (χ4n) is 1.28. The fourth-order valence-corrected chi connectivity index (χ4v) is 2.18. The van der Waals surface area contributed by atoms with Gasteiger partial charge in [-0.1, -0.05) is 13.8 Å². The Hall–Kier alpha value is -0.610. The van der Waals surface area contributed by atoms with Crippen LogP contribution in [0.25, 0.3) is 0 Å². The Labute approximate surface area is 96.5 Å². The number of hydrogen-bond donors (Lipinski definition) is 1. The van der Waals surface area contributed by atoms with Crippen molar-refractivity contribution in [3.8, 4) is 0 Å². The Morgan fingerprint density at radius 3 is 2.80 bits per heavy atom. The molecule has 0 amide bonds. The standard InChI is InChI=1S/C11H21N3S/c1-4-6-12-7-8-14(3)11-13-10(5-2)9-15-11/h9,12H,4-8H2,1-3H3.